The first-order valence-electron chi connectivity index (χ1n) is 5.24. The number of rotatable bonds is 1. The van der Waals surface area contributed by atoms with Gasteiger partial charge in [0.05, 0.1) is 0 Å². The van der Waals surface area contributed by atoms with Crippen LogP contribution in [0, 0.1) is 0 Å². The Balaban J connectivity index is 2.27. The van der Waals surface area contributed by atoms with Crippen LogP contribution in [-0.4, -0.2) is 29.8 Å². The van der Waals surface area contributed by atoms with E-state index in [1.54, 1.807) is 0 Å². The molecule has 0 N–H and O–H groups in total. The molecule has 0 aromatic carbocycles. The van der Waals surface area contributed by atoms with Gasteiger partial charge in [-0.2, -0.15) is 13.2 Å². The predicted octanol–water partition coefficient (Wildman–Crippen LogP) is 1.43. The first kappa shape index (κ1) is 13.3. The highest BCUT2D eigenvalue weighted by Gasteiger charge is 2.46. The third-order valence-electron chi connectivity index (χ3n) is 2.61. The number of allylic oxidation sites excluding steroid dienone is 3. The Labute approximate surface area is 105 Å². The molecule has 2 rings (SSSR count). The standard InChI is InChI=1S/C12H7F3O4/c13-12(14,15)11(18)19-10-6-3-1-2-4-8(16)7(6)5-9(10)17/h1-3,5,10H,4H2. The quantitative estimate of drug-likeness (QED) is 0.677. The van der Waals surface area contributed by atoms with Gasteiger partial charge in [-0.3, -0.25) is 9.59 Å². The van der Waals surface area contributed by atoms with Crippen molar-refractivity contribution < 1.29 is 32.3 Å². The van der Waals surface area contributed by atoms with Crippen LogP contribution in [0.15, 0.2) is 35.5 Å². The van der Waals surface area contributed by atoms with Crippen LogP contribution in [0.2, 0.25) is 0 Å². The number of halogens is 3. The molecule has 2 aliphatic rings. The summed E-state index contributed by atoms with van der Waals surface area (Å²) in [6.07, 6.45) is -1.70. The molecule has 0 spiro atoms. The molecule has 0 saturated heterocycles. The normalized spacial score (nSPS) is 22.6. The zero-order chi connectivity index (χ0) is 14.2. The zero-order valence-corrected chi connectivity index (χ0v) is 9.36. The van der Waals surface area contributed by atoms with Crippen LogP contribution in [0.25, 0.3) is 0 Å². The summed E-state index contributed by atoms with van der Waals surface area (Å²) >= 11 is 0. The fourth-order valence-corrected chi connectivity index (χ4v) is 1.77. The first-order chi connectivity index (χ1) is 8.80. The molecular formula is C12H7F3O4. The summed E-state index contributed by atoms with van der Waals surface area (Å²) in [5, 5.41) is 0. The molecule has 19 heavy (non-hydrogen) atoms. The van der Waals surface area contributed by atoms with Crippen LogP contribution in [0.3, 0.4) is 0 Å². The number of esters is 1. The Hall–Kier alpha value is -2.18. The predicted molar refractivity (Wildman–Crippen MR) is 55.9 cm³/mol. The van der Waals surface area contributed by atoms with E-state index in [9.17, 15) is 27.6 Å². The molecule has 0 aromatic rings. The molecule has 1 unspecified atom stereocenters. The highest BCUT2D eigenvalue weighted by atomic mass is 19.4. The Bertz CT molecular complexity index is 552. The maximum Gasteiger partial charge on any atom is 0.490 e. The number of Topliss-reactive ketones (excluding diaryl/α,β-unsaturated/α-hetero) is 1. The lowest BCUT2D eigenvalue weighted by Crippen LogP contribution is -2.33. The minimum atomic E-state index is -5.19. The number of alkyl halides is 3. The van der Waals surface area contributed by atoms with Crippen molar-refractivity contribution in [2.45, 2.75) is 18.7 Å². The highest BCUT2D eigenvalue weighted by Crippen LogP contribution is 2.30. The SMILES string of the molecule is O=C1CC=CC=C2C1=CC(=O)C2OC(=O)C(F)(F)F. The Morgan fingerprint density at radius 3 is 2.63 bits per heavy atom. The first-order valence-corrected chi connectivity index (χ1v) is 5.24. The summed E-state index contributed by atoms with van der Waals surface area (Å²) in [6.45, 7) is 0. The smallest absolute Gasteiger partial charge is 0.442 e. The number of ketones is 2. The van der Waals surface area contributed by atoms with Crippen molar-refractivity contribution in [3.63, 3.8) is 0 Å². The summed E-state index contributed by atoms with van der Waals surface area (Å²) in [4.78, 5) is 33.9. The Morgan fingerprint density at radius 1 is 1.32 bits per heavy atom. The van der Waals surface area contributed by atoms with Crippen LogP contribution in [0.1, 0.15) is 6.42 Å². The summed E-state index contributed by atoms with van der Waals surface area (Å²) in [5.41, 5.74) is -0.0173. The van der Waals surface area contributed by atoms with Crippen LogP contribution in [0.4, 0.5) is 13.2 Å². The monoisotopic (exact) mass is 272 g/mol. The van der Waals surface area contributed by atoms with Crippen LogP contribution in [0.5, 0.6) is 0 Å². The molecule has 0 aliphatic heterocycles. The van der Waals surface area contributed by atoms with Crippen LogP contribution >= 0.6 is 0 Å². The molecule has 4 nitrogen and oxygen atoms in total. The number of hydrogen-bond acceptors (Lipinski definition) is 4. The van der Waals surface area contributed by atoms with Crippen molar-refractivity contribution >= 4 is 17.5 Å². The lowest BCUT2D eigenvalue weighted by molar-refractivity contribution is -0.202. The molecule has 0 bridgehead atoms. The average molecular weight is 272 g/mol. The van der Waals surface area contributed by atoms with Gasteiger partial charge in [-0.05, 0) is 6.08 Å². The van der Waals surface area contributed by atoms with E-state index in [-0.39, 0.29) is 17.6 Å². The van der Waals surface area contributed by atoms with Gasteiger partial charge >= 0.3 is 12.1 Å². The topological polar surface area (TPSA) is 60.4 Å². The third kappa shape index (κ3) is 2.49. The lowest BCUT2D eigenvalue weighted by atomic mass is 10.0. The van der Waals surface area contributed by atoms with Crippen molar-refractivity contribution in [1.82, 2.24) is 0 Å². The Morgan fingerprint density at radius 2 is 2.00 bits per heavy atom. The zero-order valence-electron chi connectivity index (χ0n) is 9.36. The van der Waals surface area contributed by atoms with E-state index in [4.69, 9.17) is 0 Å². The minimum absolute atomic E-state index is 0.00465. The van der Waals surface area contributed by atoms with Gasteiger partial charge in [0.25, 0.3) is 0 Å². The van der Waals surface area contributed by atoms with Crippen LogP contribution in [-0.2, 0) is 19.1 Å². The largest absolute Gasteiger partial charge is 0.490 e. The van der Waals surface area contributed by atoms with Crippen molar-refractivity contribution in [1.29, 1.82) is 0 Å². The van der Waals surface area contributed by atoms with E-state index < -0.39 is 29.8 Å². The van der Waals surface area contributed by atoms with E-state index >= 15 is 0 Å². The van der Waals surface area contributed by atoms with Gasteiger partial charge in [0, 0.05) is 17.6 Å². The number of carbonyl (C=O) groups excluding carboxylic acids is 3. The molecule has 7 heteroatoms. The van der Waals surface area contributed by atoms with Crippen molar-refractivity contribution in [3.8, 4) is 0 Å². The van der Waals surface area contributed by atoms with Gasteiger partial charge < -0.3 is 4.74 Å². The second-order valence-electron chi connectivity index (χ2n) is 3.92. The number of fused-ring (bicyclic) bond motifs is 1. The molecule has 0 fully saturated rings. The summed E-state index contributed by atoms with van der Waals surface area (Å²) in [5.74, 6) is -3.71. The van der Waals surface area contributed by atoms with Crippen molar-refractivity contribution in [2.24, 2.45) is 0 Å². The van der Waals surface area contributed by atoms with Crippen LogP contribution < -0.4 is 0 Å². The molecule has 0 saturated carbocycles. The van der Waals surface area contributed by atoms with E-state index in [2.05, 4.69) is 4.74 Å². The fraction of sp³-hybridized carbons (Fsp3) is 0.250. The molecule has 0 heterocycles. The lowest BCUT2D eigenvalue weighted by Gasteiger charge is -2.14. The maximum atomic E-state index is 12.1. The molecule has 2 aliphatic carbocycles. The molecular weight excluding hydrogens is 265 g/mol. The van der Waals surface area contributed by atoms with Gasteiger partial charge in [0.1, 0.15) is 0 Å². The molecule has 100 valence electrons. The van der Waals surface area contributed by atoms with Gasteiger partial charge in [0.2, 0.25) is 5.78 Å². The van der Waals surface area contributed by atoms with E-state index in [1.165, 1.54) is 18.2 Å². The molecule has 0 amide bonds. The number of ether oxygens (including phenoxy) is 1. The number of hydrogen-bond donors (Lipinski definition) is 0. The van der Waals surface area contributed by atoms with Crippen molar-refractivity contribution in [3.05, 3.63) is 35.5 Å². The van der Waals surface area contributed by atoms with Gasteiger partial charge in [-0.25, -0.2) is 4.79 Å². The summed E-state index contributed by atoms with van der Waals surface area (Å²) < 4.78 is 40.5. The van der Waals surface area contributed by atoms with E-state index in [0.717, 1.165) is 6.08 Å². The summed E-state index contributed by atoms with van der Waals surface area (Å²) in [6, 6.07) is 0. The average Bonchev–Trinajstić information content (AvgIpc) is 2.49. The maximum absolute atomic E-state index is 12.1. The molecule has 1 atom stereocenters. The van der Waals surface area contributed by atoms with E-state index in [0.29, 0.717) is 0 Å². The second-order valence-corrected chi connectivity index (χ2v) is 3.92. The second kappa shape index (κ2) is 4.49. The summed E-state index contributed by atoms with van der Waals surface area (Å²) in [7, 11) is 0. The van der Waals surface area contributed by atoms with E-state index in [1.807, 2.05) is 0 Å². The Kier molecular flexibility index (Phi) is 3.13. The van der Waals surface area contributed by atoms with Gasteiger partial charge in [-0.1, -0.05) is 18.2 Å². The number of carbonyl (C=O) groups is 3. The highest BCUT2D eigenvalue weighted by molar-refractivity contribution is 6.15. The van der Waals surface area contributed by atoms with Gasteiger partial charge in [0.15, 0.2) is 11.9 Å². The molecule has 0 aromatic heterocycles. The van der Waals surface area contributed by atoms with Gasteiger partial charge in [-0.15, -0.1) is 0 Å². The minimum Gasteiger partial charge on any atom is -0.442 e. The molecule has 0 radical (unpaired) electrons. The van der Waals surface area contributed by atoms with Crippen molar-refractivity contribution in [2.75, 3.05) is 0 Å². The third-order valence-corrected chi connectivity index (χ3v) is 2.61. The fourth-order valence-electron chi connectivity index (χ4n) is 1.77.